The van der Waals surface area contributed by atoms with Crippen LogP contribution in [0.15, 0.2) is 42.7 Å². The molecule has 0 spiro atoms. The highest BCUT2D eigenvalue weighted by Gasteiger charge is 2.10. The van der Waals surface area contributed by atoms with E-state index in [0.29, 0.717) is 11.5 Å². The van der Waals surface area contributed by atoms with E-state index in [1.54, 1.807) is 25.4 Å². The summed E-state index contributed by atoms with van der Waals surface area (Å²) in [5.74, 6) is -0.303. The van der Waals surface area contributed by atoms with Gasteiger partial charge in [0.25, 0.3) is 0 Å². The number of hydrogen-bond acceptors (Lipinski definition) is 3. The minimum absolute atomic E-state index is 0.216. The first kappa shape index (κ1) is 11.4. The van der Waals surface area contributed by atoms with Gasteiger partial charge in [-0.2, -0.15) is 0 Å². The van der Waals surface area contributed by atoms with Gasteiger partial charge in [-0.05, 0) is 31.2 Å². The van der Waals surface area contributed by atoms with E-state index >= 15 is 0 Å². The number of nitrogens with zero attached hydrogens (tertiary/aromatic N) is 3. The van der Waals surface area contributed by atoms with Crippen LogP contribution in [-0.4, -0.2) is 25.6 Å². The van der Waals surface area contributed by atoms with Gasteiger partial charge in [0.1, 0.15) is 12.1 Å². The van der Waals surface area contributed by atoms with E-state index in [4.69, 9.17) is 5.11 Å². The SMILES string of the molecule is Cc1nc(-n2cnc3ccccc32)ccc1C(=O)O. The lowest BCUT2D eigenvalue weighted by atomic mass is 10.2. The summed E-state index contributed by atoms with van der Waals surface area (Å²) in [6.07, 6.45) is 1.69. The van der Waals surface area contributed by atoms with Crippen LogP contribution >= 0.6 is 0 Å². The summed E-state index contributed by atoms with van der Waals surface area (Å²) in [6, 6.07) is 11.0. The van der Waals surface area contributed by atoms with Crippen molar-refractivity contribution in [2.45, 2.75) is 6.92 Å². The summed E-state index contributed by atoms with van der Waals surface area (Å²) in [5, 5.41) is 9.00. The zero-order valence-electron chi connectivity index (χ0n) is 10.2. The molecule has 0 radical (unpaired) electrons. The second-order valence-electron chi connectivity index (χ2n) is 4.21. The Labute approximate surface area is 109 Å². The van der Waals surface area contributed by atoms with Gasteiger partial charge in [-0.1, -0.05) is 12.1 Å². The predicted molar refractivity (Wildman–Crippen MR) is 70.6 cm³/mol. The number of para-hydroxylation sites is 2. The average Bonchev–Trinajstić information content (AvgIpc) is 2.82. The highest BCUT2D eigenvalue weighted by molar-refractivity contribution is 5.89. The molecule has 0 aliphatic rings. The number of aromatic nitrogens is 3. The van der Waals surface area contributed by atoms with E-state index in [2.05, 4.69) is 9.97 Å². The van der Waals surface area contributed by atoms with Crippen molar-refractivity contribution in [1.29, 1.82) is 0 Å². The number of aryl methyl sites for hydroxylation is 1. The Balaban J connectivity index is 2.17. The Bertz CT molecular complexity index is 777. The highest BCUT2D eigenvalue weighted by Crippen LogP contribution is 2.17. The first-order chi connectivity index (χ1) is 9.16. The molecule has 1 aromatic carbocycles. The van der Waals surface area contributed by atoms with Crippen molar-refractivity contribution in [3.63, 3.8) is 0 Å². The van der Waals surface area contributed by atoms with Gasteiger partial charge in [-0.15, -0.1) is 0 Å². The molecule has 2 heterocycles. The third-order valence-electron chi connectivity index (χ3n) is 3.00. The molecule has 19 heavy (non-hydrogen) atoms. The molecule has 0 saturated heterocycles. The van der Waals surface area contributed by atoms with E-state index in [1.165, 1.54) is 0 Å². The molecule has 94 valence electrons. The van der Waals surface area contributed by atoms with Crippen LogP contribution < -0.4 is 0 Å². The van der Waals surface area contributed by atoms with Gasteiger partial charge in [0, 0.05) is 0 Å². The number of carbonyl (C=O) groups is 1. The van der Waals surface area contributed by atoms with Gasteiger partial charge in [-0.25, -0.2) is 14.8 Å². The molecule has 0 atom stereocenters. The maximum atomic E-state index is 11.0. The van der Waals surface area contributed by atoms with Crippen molar-refractivity contribution in [2.24, 2.45) is 0 Å². The zero-order chi connectivity index (χ0) is 13.4. The van der Waals surface area contributed by atoms with E-state index in [9.17, 15) is 4.79 Å². The minimum Gasteiger partial charge on any atom is -0.478 e. The van der Waals surface area contributed by atoms with Crippen LogP contribution in [0.2, 0.25) is 0 Å². The van der Waals surface area contributed by atoms with Crippen LogP contribution in [0.25, 0.3) is 16.9 Å². The topological polar surface area (TPSA) is 68.0 Å². The minimum atomic E-state index is -0.966. The molecule has 3 aromatic rings. The molecule has 5 nitrogen and oxygen atoms in total. The maximum Gasteiger partial charge on any atom is 0.337 e. The summed E-state index contributed by atoms with van der Waals surface area (Å²) in [5.41, 5.74) is 2.53. The fraction of sp³-hybridized carbons (Fsp3) is 0.0714. The number of carboxylic acid groups (broad SMARTS) is 1. The van der Waals surface area contributed by atoms with E-state index in [-0.39, 0.29) is 5.56 Å². The fourth-order valence-electron chi connectivity index (χ4n) is 2.05. The lowest BCUT2D eigenvalue weighted by Crippen LogP contribution is -2.04. The first-order valence-electron chi connectivity index (χ1n) is 5.80. The van der Waals surface area contributed by atoms with Crippen LogP contribution in [0.1, 0.15) is 16.1 Å². The van der Waals surface area contributed by atoms with Crippen molar-refractivity contribution >= 4 is 17.0 Å². The number of pyridine rings is 1. The van der Waals surface area contributed by atoms with Gasteiger partial charge in [0.2, 0.25) is 0 Å². The molecule has 0 amide bonds. The fourth-order valence-corrected chi connectivity index (χ4v) is 2.05. The highest BCUT2D eigenvalue weighted by atomic mass is 16.4. The van der Waals surface area contributed by atoms with E-state index in [0.717, 1.165) is 11.0 Å². The first-order valence-corrected chi connectivity index (χ1v) is 5.80. The molecule has 0 saturated carbocycles. The summed E-state index contributed by atoms with van der Waals surface area (Å²) in [6.45, 7) is 1.69. The van der Waals surface area contributed by atoms with Crippen LogP contribution in [0.3, 0.4) is 0 Å². The van der Waals surface area contributed by atoms with Gasteiger partial charge >= 0.3 is 5.97 Å². The summed E-state index contributed by atoms with van der Waals surface area (Å²) >= 11 is 0. The molecule has 3 rings (SSSR count). The molecule has 0 aliphatic heterocycles. The molecular weight excluding hydrogens is 242 g/mol. The van der Waals surface area contributed by atoms with Gasteiger partial charge < -0.3 is 5.11 Å². The molecular formula is C14H11N3O2. The third-order valence-corrected chi connectivity index (χ3v) is 3.00. The molecule has 0 bridgehead atoms. The second kappa shape index (κ2) is 4.20. The number of fused-ring (bicyclic) bond motifs is 1. The largest absolute Gasteiger partial charge is 0.478 e. The normalized spacial score (nSPS) is 10.8. The van der Waals surface area contributed by atoms with Gasteiger partial charge in [0.15, 0.2) is 0 Å². The Hall–Kier alpha value is -2.69. The van der Waals surface area contributed by atoms with Crippen LogP contribution in [-0.2, 0) is 0 Å². The van der Waals surface area contributed by atoms with Crippen molar-refractivity contribution in [2.75, 3.05) is 0 Å². The van der Waals surface area contributed by atoms with Gasteiger partial charge in [0.05, 0.1) is 22.3 Å². The number of aromatic carboxylic acids is 1. The molecule has 5 heteroatoms. The number of rotatable bonds is 2. The number of imidazole rings is 1. The zero-order valence-corrected chi connectivity index (χ0v) is 10.2. The molecule has 1 N–H and O–H groups in total. The van der Waals surface area contributed by atoms with Crippen molar-refractivity contribution in [1.82, 2.24) is 14.5 Å². The Morgan fingerprint density at radius 3 is 2.74 bits per heavy atom. The molecule has 2 aromatic heterocycles. The summed E-state index contributed by atoms with van der Waals surface area (Å²) in [7, 11) is 0. The summed E-state index contributed by atoms with van der Waals surface area (Å²) < 4.78 is 1.84. The van der Waals surface area contributed by atoms with Crippen LogP contribution in [0, 0.1) is 6.92 Å². The lowest BCUT2D eigenvalue weighted by Gasteiger charge is -2.06. The quantitative estimate of drug-likeness (QED) is 0.761. The van der Waals surface area contributed by atoms with E-state index < -0.39 is 5.97 Å². The molecule has 0 fully saturated rings. The average molecular weight is 253 g/mol. The standard InChI is InChI=1S/C14H11N3O2/c1-9-10(14(18)19)6-7-13(16-9)17-8-15-11-4-2-3-5-12(11)17/h2-8H,1H3,(H,18,19). The smallest absolute Gasteiger partial charge is 0.337 e. The number of carboxylic acids is 1. The van der Waals surface area contributed by atoms with E-state index in [1.807, 2.05) is 28.8 Å². The monoisotopic (exact) mass is 253 g/mol. The Kier molecular flexibility index (Phi) is 2.52. The van der Waals surface area contributed by atoms with Crippen molar-refractivity contribution in [3.8, 4) is 5.82 Å². The molecule has 0 aliphatic carbocycles. The van der Waals surface area contributed by atoms with Crippen molar-refractivity contribution in [3.05, 3.63) is 54.0 Å². The summed E-state index contributed by atoms with van der Waals surface area (Å²) in [4.78, 5) is 19.6. The van der Waals surface area contributed by atoms with Gasteiger partial charge in [-0.3, -0.25) is 4.57 Å². The third kappa shape index (κ3) is 1.85. The molecule has 0 unspecified atom stereocenters. The van der Waals surface area contributed by atoms with Crippen LogP contribution in [0.4, 0.5) is 0 Å². The number of hydrogen-bond donors (Lipinski definition) is 1. The predicted octanol–water partition coefficient (Wildman–Crippen LogP) is 2.43. The number of benzene rings is 1. The Morgan fingerprint density at radius 1 is 1.21 bits per heavy atom. The maximum absolute atomic E-state index is 11.0. The Morgan fingerprint density at radius 2 is 2.00 bits per heavy atom. The second-order valence-corrected chi connectivity index (χ2v) is 4.21. The lowest BCUT2D eigenvalue weighted by molar-refractivity contribution is 0.0695. The van der Waals surface area contributed by atoms with Crippen LogP contribution in [0.5, 0.6) is 0 Å². The van der Waals surface area contributed by atoms with Crippen molar-refractivity contribution < 1.29 is 9.90 Å².